The molecule has 1 aliphatic rings. The molecule has 1 aromatic carbocycles. The minimum atomic E-state index is -0.600. The van der Waals surface area contributed by atoms with E-state index in [1.54, 1.807) is 7.11 Å². The number of carbonyl (C=O) groups excluding carboxylic acids is 2. The number of nitrogens with one attached hydrogen (secondary N) is 2. The monoisotopic (exact) mass is 248 g/mol. The van der Waals surface area contributed by atoms with Crippen LogP contribution in [0.25, 0.3) is 0 Å². The van der Waals surface area contributed by atoms with Gasteiger partial charge in [-0.3, -0.25) is 9.59 Å². The highest BCUT2D eigenvalue weighted by molar-refractivity contribution is 6.35. The summed E-state index contributed by atoms with van der Waals surface area (Å²) in [5, 5.41) is 5.32. The van der Waals surface area contributed by atoms with Crippen LogP contribution in [0.3, 0.4) is 0 Å². The van der Waals surface area contributed by atoms with Crippen LogP contribution in [0.2, 0.25) is 0 Å². The van der Waals surface area contributed by atoms with E-state index in [2.05, 4.69) is 10.6 Å². The summed E-state index contributed by atoms with van der Waals surface area (Å²) < 4.78 is 5.20. The predicted molar refractivity (Wildman–Crippen MR) is 66.2 cm³/mol. The number of benzene rings is 1. The fourth-order valence-corrected chi connectivity index (χ4v) is 2.08. The molecule has 1 atom stereocenters. The maximum absolute atomic E-state index is 11.4. The largest absolute Gasteiger partial charge is 0.496 e. The van der Waals surface area contributed by atoms with Crippen molar-refractivity contribution >= 4 is 11.8 Å². The van der Waals surface area contributed by atoms with Crippen molar-refractivity contribution in [2.24, 2.45) is 0 Å². The smallest absolute Gasteiger partial charge is 0.310 e. The molecule has 96 valence electrons. The standard InChI is InChI=1S/C13H16N2O3/c1-8-6-9(4-5-10(8)18-3)13(2)7-14-11(16)12(17)15-13/h4-6H,7H2,1-3H3,(H,14,16)(H,15,17). The number of ether oxygens (including phenoxy) is 1. The quantitative estimate of drug-likeness (QED) is 0.747. The first-order chi connectivity index (χ1) is 8.46. The van der Waals surface area contributed by atoms with Crippen LogP contribution in [0.5, 0.6) is 5.75 Å². The van der Waals surface area contributed by atoms with E-state index in [-0.39, 0.29) is 0 Å². The molecule has 1 aromatic rings. The molecular formula is C13H16N2O3. The lowest BCUT2D eigenvalue weighted by atomic mass is 9.89. The number of rotatable bonds is 2. The molecule has 1 fully saturated rings. The van der Waals surface area contributed by atoms with E-state index in [9.17, 15) is 9.59 Å². The molecule has 5 nitrogen and oxygen atoms in total. The second-order valence-electron chi connectivity index (χ2n) is 4.65. The van der Waals surface area contributed by atoms with Gasteiger partial charge in [0.2, 0.25) is 0 Å². The van der Waals surface area contributed by atoms with Crippen LogP contribution < -0.4 is 15.4 Å². The summed E-state index contributed by atoms with van der Waals surface area (Å²) in [7, 11) is 1.62. The minimum absolute atomic E-state index is 0.378. The average molecular weight is 248 g/mol. The Bertz CT molecular complexity index is 513. The van der Waals surface area contributed by atoms with Crippen LogP contribution in [-0.2, 0) is 15.1 Å². The summed E-state index contributed by atoms with van der Waals surface area (Å²) >= 11 is 0. The topological polar surface area (TPSA) is 67.4 Å². The van der Waals surface area contributed by atoms with Gasteiger partial charge < -0.3 is 15.4 Å². The lowest BCUT2D eigenvalue weighted by molar-refractivity contribution is -0.142. The Morgan fingerprint density at radius 3 is 2.56 bits per heavy atom. The van der Waals surface area contributed by atoms with Gasteiger partial charge in [-0.15, -0.1) is 0 Å². The van der Waals surface area contributed by atoms with Crippen molar-refractivity contribution in [1.29, 1.82) is 0 Å². The summed E-state index contributed by atoms with van der Waals surface area (Å²) in [4.78, 5) is 22.6. The van der Waals surface area contributed by atoms with Crippen LogP contribution in [0, 0.1) is 6.92 Å². The molecule has 0 bridgehead atoms. The van der Waals surface area contributed by atoms with E-state index < -0.39 is 17.4 Å². The van der Waals surface area contributed by atoms with Gasteiger partial charge >= 0.3 is 11.8 Å². The summed E-state index contributed by atoms with van der Waals surface area (Å²) in [5.41, 5.74) is 1.35. The highest BCUT2D eigenvalue weighted by Gasteiger charge is 2.36. The molecule has 2 N–H and O–H groups in total. The van der Waals surface area contributed by atoms with Crippen LogP contribution >= 0.6 is 0 Å². The van der Waals surface area contributed by atoms with Crippen molar-refractivity contribution in [3.8, 4) is 5.75 Å². The molecule has 5 heteroatoms. The maximum Gasteiger partial charge on any atom is 0.310 e. The van der Waals surface area contributed by atoms with Crippen molar-refractivity contribution < 1.29 is 14.3 Å². The van der Waals surface area contributed by atoms with Crippen LogP contribution in [0.1, 0.15) is 18.1 Å². The van der Waals surface area contributed by atoms with Gasteiger partial charge in [0.25, 0.3) is 0 Å². The third kappa shape index (κ3) is 2.03. The van der Waals surface area contributed by atoms with Gasteiger partial charge in [0.1, 0.15) is 5.75 Å². The molecule has 18 heavy (non-hydrogen) atoms. The van der Waals surface area contributed by atoms with Crippen LogP contribution in [0.4, 0.5) is 0 Å². The third-order valence-electron chi connectivity index (χ3n) is 3.23. The zero-order valence-electron chi connectivity index (χ0n) is 10.7. The molecule has 0 aromatic heterocycles. The summed E-state index contributed by atoms with van der Waals surface area (Å²) in [6.45, 7) is 4.20. The van der Waals surface area contributed by atoms with E-state index in [0.717, 1.165) is 16.9 Å². The summed E-state index contributed by atoms with van der Waals surface area (Å²) in [5.74, 6) is -0.386. The molecule has 0 radical (unpaired) electrons. The Labute approximate surface area is 106 Å². The first kappa shape index (κ1) is 12.4. The predicted octanol–water partition coefficient (Wildman–Crippen LogP) is 0.465. The first-order valence-electron chi connectivity index (χ1n) is 5.72. The maximum atomic E-state index is 11.4. The van der Waals surface area contributed by atoms with Gasteiger partial charge in [0.05, 0.1) is 12.6 Å². The molecule has 1 saturated heterocycles. The molecule has 0 aliphatic carbocycles. The SMILES string of the molecule is COc1ccc(C2(C)CNC(=O)C(=O)N2)cc1C. The zero-order chi connectivity index (χ0) is 13.3. The van der Waals surface area contributed by atoms with Crippen molar-refractivity contribution in [2.75, 3.05) is 13.7 Å². The molecule has 2 rings (SSSR count). The van der Waals surface area contributed by atoms with E-state index in [1.165, 1.54) is 0 Å². The third-order valence-corrected chi connectivity index (χ3v) is 3.23. The number of carbonyl (C=O) groups is 2. The number of hydrogen-bond donors (Lipinski definition) is 2. The summed E-state index contributed by atoms with van der Waals surface area (Å²) in [6, 6.07) is 5.71. The van der Waals surface area contributed by atoms with Crippen molar-refractivity contribution in [1.82, 2.24) is 10.6 Å². The molecule has 1 aliphatic heterocycles. The molecule has 1 heterocycles. The highest BCUT2D eigenvalue weighted by atomic mass is 16.5. The second-order valence-corrected chi connectivity index (χ2v) is 4.65. The van der Waals surface area contributed by atoms with Gasteiger partial charge in [-0.25, -0.2) is 0 Å². The lowest BCUT2D eigenvalue weighted by Crippen LogP contribution is -2.60. The number of amides is 2. The summed E-state index contributed by atoms with van der Waals surface area (Å²) in [6.07, 6.45) is 0. The Hall–Kier alpha value is -2.04. The number of methoxy groups -OCH3 is 1. The second kappa shape index (κ2) is 4.33. The Kier molecular flexibility index (Phi) is 2.98. The Morgan fingerprint density at radius 2 is 2.00 bits per heavy atom. The molecule has 0 spiro atoms. The van der Waals surface area contributed by atoms with Gasteiger partial charge in [-0.2, -0.15) is 0 Å². The number of hydrogen-bond acceptors (Lipinski definition) is 3. The first-order valence-corrected chi connectivity index (χ1v) is 5.72. The Morgan fingerprint density at radius 1 is 1.28 bits per heavy atom. The molecule has 0 saturated carbocycles. The Balaban J connectivity index is 2.33. The van der Waals surface area contributed by atoms with Gasteiger partial charge in [-0.1, -0.05) is 6.07 Å². The lowest BCUT2D eigenvalue weighted by Gasteiger charge is -2.35. The van der Waals surface area contributed by atoms with E-state index >= 15 is 0 Å². The number of piperazine rings is 1. The van der Waals surface area contributed by atoms with E-state index in [1.807, 2.05) is 32.0 Å². The van der Waals surface area contributed by atoms with Crippen molar-refractivity contribution in [3.63, 3.8) is 0 Å². The van der Waals surface area contributed by atoms with Crippen molar-refractivity contribution in [2.45, 2.75) is 19.4 Å². The highest BCUT2D eigenvalue weighted by Crippen LogP contribution is 2.27. The molecule has 2 amide bonds. The van der Waals surface area contributed by atoms with Gasteiger partial charge in [-0.05, 0) is 37.1 Å². The minimum Gasteiger partial charge on any atom is -0.496 e. The zero-order valence-corrected chi connectivity index (χ0v) is 10.7. The van der Waals surface area contributed by atoms with Gasteiger partial charge in [0.15, 0.2) is 0 Å². The average Bonchev–Trinajstić information content (AvgIpc) is 2.34. The van der Waals surface area contributed by atoms with Crippen LogP contribution in [0.15, 0.2) is 18.2 Å². The van der Waals surface area contributed by atoms with Crippen LogP contribution in [-0.4, -0.2) is 25.5 Å². The molecular weight excluding hydrogens is 232 g/mol. The molecule has 1 unspecified atom stereocenters. The number of aryl methyl sites for hydroxylation is 1. The fraction of sp³-hybridized carbons (Fsp3) is 0.385. The van der Waals surface area contributed by atoms with E-state index in [4.69, 9.17) is 4.74 Å². The van der Waals surface area contributed by atoms with Crippen molar-refractivity contribution in [3.05, 3.63) is 29.3 Å². The normalized spacial score (nSPS) is 23.3. The fourth-order valence-electron chi connectivity index (χ4n) is 2.08. The van der Waals surface area contributed by atoms with E-state index in [0.29, 0.717) is 6.54 Å². The van der Waals surface area contributed by atoms with Gasteiger partial charge in [0, 0.05) is 6.54 Å².